The number of hydrogen-bond donors (Lipinski definition) is 2. The maximum atomic E-state index is 6.04. The summed E-state index contributed by atoms with van der Waals surface area (Å²) in [7, 11) is 0. The lowest BCUT2D eigenvalue weighted by Gasteiger charge is -2.29. The first-order chi connectivity index (χ1) is 22.2. The van der Waals surface area contributed by atoms with Gasteiger partial charge in [0.25, 0.3) is 0 Å². The highest BCUT2D eigenvalue weighted by Gasteiger charge is 2.22. The molecule has 0 aliphatic heterocycles. The Hall–Kier alpha value is -4.70. The Morgan fingerprint density at radius 2 is 1.11 bits per heavy atom. The number of rotatable bonds is 11. The van der Waals surface area contributed by atoms with Crippen molar-refractivity contribution in [2.75, 3.05) is 0 Å². The highest BCUT2D eigenvalue weighted by Crippen LogP contribution is 2.40. The van der Waals surface area contributed by atoms with E-state index in [0.717, 1.165) is 45.1 Å². The van der Waals surface area contributed by atoms with Gasteiger partial charge in [-0.15, -0.1) is 0 Å². The van der Waals surface area contributed by atoms with Crippen molar-refractivity contribution >= 4 is 23.0 Å². The average molecular weight is 609 g/mol. The van der Waals surface area contributed by atoms with Crippen molar-refractivity contribution in [3.05, 3.63) is 121 Å². The molecule has 4 nitrogen and oxygen atoms in total. The molecule has 4 N–H and O–H groups in total. The molecule has 5 rings (SSSR count). The van der Waals surface area contributed by atoms with E-state index in [9.17, 15) is 0 Å². The summed E-state index contributed by atoms with van der Waals surface area (Å²) in [5.41, 5.74) is 23.6. The van der Waals surface area contributed by atoms with E-state index in [4.69, 9.17) is 11.5 Å². The van der Waals surface area contributed by atoms with Crippen LogP contribution < -0.4 is 11.5 Å². The molecule has 0 heterocycles. The molecule has 0 unspecified atom stereocenters. The third-order valence-corrected chi connectivity index (χ3v) is 9.28. The van der Waals surface area contributed by atoms with Crippen LogP contribution in [0.15, 0.2) is 125 Å². The van der Waals surface area contributed by atoms with Gasteiger partial charge in [-0.3, -0.25) is 0 Å². The fourth-order valence-corrected chi connectivity index (χ4v) is 6.34. The predicted octanol–water partition coefficient (Wildman–Crippen LogP) is 11.3. The van der Waals surface area contributed by atoms with Gasteiger partial charge in [0.1, 0.15) is 11.7 Å². The lowest BCUT2D eigenvalue weighted by Crippen LogP contribution is -2.13. The summed E-state index contributed by atoms with van der Waals surface area (Å²) >= 11 is 0. The zero-order chi connectivity index (χ0) is 32.6. The predicted molar refractivity (Wildman–Crippen MR) is 199 cm³/mol. The SMILES string of the molecule is C=C(C)C(N)=Nc1ccc(-c2ccc(-c3ccc(N=C(N)C(=C)C)cc3)c(-c3ccc(C4CCC(CCCC)CC4)cc3)c2)cc1. The van der Waals surface area contributed by atoms with Crippen LogP contribution in [-0.4, -0.2) is 11.7 Å². The molecule has 1 fully saturated rings. The topological polar surface area (TPSA) is 76.8 Å². The van der Waals surface area contributed by atoms with E-state index in [0.29, 0.717) is 17.6 Å². The third kappa shape index (κ3) is 8.11. The van der Waals surface area contributed by atoms with E-state index < -0.39 is 0 Å². The summed E-state index contributed by atoms with van der Waals surface area (Å²) in [6, 6.07) is 32.5. The monoisotopic (exact) mass is 608 g/mol. The van der Waals surface area contributed by atoms with Gasteiger partial charge in [-0.1, -0.05) is 100 Å². The Balaban J connectivity index is 1.47. The minimum absolute atomic E-state index is 0.450. The Bertz CT molecular complexity index is 1720. The summed E-state index contributed by atoms with van der Waals surface area (Å²) in [6.45, 7) is 13.8. The Kier molecular flexibility index (Phi) is 10.7. The molecule has 4 heteroatoms. The third-order valence-electron chi connectivity index (χ3n) is 9.28. The number of amidine groups is 2. The lowest BCUT2D eigenvalue weighted by molar-refractivity contribution is 0.304. The number of hydrogen-bond acceptors (Lipinski definition) is 2. The standard InChI is InChI=1S/C42H48N4/c1-6-7-8-30-9-11-31(12-10-30)32-13-15-35(16-14-32)40-27-36(33-17-22-37(23-18-33)45-41(43)28(2)3)21-26-39(40)34-19-24-38(25-20-34)46-42(44)29(4)5/h13-27,30-31H,2,4,6-12H2,1,3,5H3,(H2,43,45)(H2,44,46). The second kappa shape index (κ2) is 15.1. The molecule has 1 aliphatic carbocycles. The summed E-state index contributed by atoms with van der Waals surface area (Å²) in [4.78, 5) is 8.99. The van der Waals surface area contributed by atoms with E-state index in [-0.39, 0.29) is 0 Å². The van der Waals surface area contributed by atoms with Gasteiger partial charge in [0.2, 0.25) is 0 Å². The molecule has 0 spiro atoms. The minimum Gasteiger partial charge on any atom is -0.383 e. The van der Waals surface area contributed by atoms with Crippen LogP contribution in [0, 0.1) is 5.92 Å². The summed E-state index contributed by atoms with van der Waals surface area (Å²) in [5.74, 6) is 2.48. The van der Waals surface area contributed by atoms with Gasteiger partial charge in [0.15, 0.2) is 0 Å². The number of unbranched alkanes of at least 4 members (excludes halogenated alkanes) is 1. The molecule has 0 amide bonds. The van der Waals surface area contributed by atoms with E-state index in [1.807, 2.05) is 38.1 Å². The number of nitrogens with two attached hydrogens (primary N) is 2. The van der Waals surface area contributed by atoms with Crippen LogP contribution in [-0.2, 0) is 0 Å². The van der Waals surface area contributed by atoms with Crippen molar-refractivity contribution in [1.82, 2.24) is 0 Å². The molecule has 0 aromatic heterocycles. The Morgan fingerprint density at radius 1 is 0.630 bits per heavy atom. The zero-order valence-corrected chi connectivity index (χ0v) is 27.7. The highest BCUT2D eigenvalue weighted by atomic mass is 14.9. The first kappa shape index (κ1) is 32.7. The van der Waals surface area contributed by atoms with Crippen LogP contribution >= 0.6 is 0 Å². The second-order valence-electron chi connectivity index (χ2n) is 12.9. The molecule has 236 valence electrons. The number of aliphatic imine (C=N–C) groups is 2. The Morgan fingerprint density at radius 3 is 1.63 bits per heavy atom. The Labute approximate surface area is 275 Å². The molecule has 4 aromatic carbocycles. The van der Waals surface area contributed by atoms with Crippen LogP contribution in [0.3, 0.4) is 0 Å². The minimum atomic E-state index is 0.450. The molecule has 46 heavy (non-hydrogen) atoms. The highest BCUT2D eigenvalue weighted by molar-refractivity contribution is 5.98. The molecule has 0 bridgehead atoms. The first-order valence-corrected chi connectivity index (χ1v) is 16.7. The maximum Gasteiger partial charge on any atom is 0.126 e. The van der Waals surface area contributed by atoms with Crippen molar-refractivity contribution < 1.29 is 0 Å². The van der Waals surface area contributed by atoms with Crippen LogP contribution in [0.25, 0.3) is 33.4 Å². The normalized spacial score (nSPS) is 17.1. The fourth-order valence-electron chi connectivity index (χ4n) is 6.34. The molecule has 0 atom stereocenters. The molecule has 0 radical (unpaired) electrons. The maximum absolute atomic E-state index is 6.04. The van der Waals surface area contributed by atoms with E-state index in [1.54, 1.807) is 0 Å². The molecule has 1 aliphatic rings. The molecular formula is C42H48N4. The van der Waals surface area contributed by atoms with Gasteiger partial charge >= 0.3 is 0 Å². The van der Waals surface area contributed by atoms with Gasteiger partial charge in [-0.25, -0.2) is 9.98 Å². The molecule has 0 saturated heterocycles. The van der Waals surface area contributed by atoms with Crippen molar-refractivity contribution in [1.29, 1.82) is 0 Å². The number of nitrogens with zero attached hydrogens (tertiary/aromatic N) is 2. The van der Waals surface area contributed by atoms with E-state index >= 15 is 0 Å². The van der Waals surface area contributed by atoms with Gasteiger partial charge in [0.05, 0.1) is 11.4 Å². The van der Waals surface area contributed by atoms with E-state index in [2.05, 4.69) is 96.8 Å². The van der Waals surface area contributed by atoms with Crippen LogP contribution in [0.2, 0.25) is 0 Å². The average Bonchev–Trinajstić information content (AvgIpc) is 3.08. The number of benzene rings is 4. The van der Waals surface area contributed by atoms with Crippen molar-refractivity contribution in [2.24, 2.45) is 27.4 Å². The van der Waals surface area contributed by atoms with Gasteiger partial charge < -0.3 is 11.5 Å². The largest absolute Gasteiger partial charge is 0.383 e. The van der Waals surface area contributed by atoms with E-state index in [1.165, 1.54) is 67.2 Å². The quantitative estimate of drug-likeness (QED) is 0.131. The summed E-state index contributed by atoms with van der Waals surface area (Å²) in [6.07, 6.45) is 9.40. The fraction of sp³-hybridized carbons (Fsp3) is 0.286. The zero-order valence-electron chi connectivity index (χ0n) is 27.7. The van der Waals surface area contributed by atoms with Crippen LogP contribution in [0.4, 0.5) is 11.4 Å². The molecule has 1 saturated carbocycles. The molecular weight excluding hydrogens is 560 g/mol. The smallest absolute Gasteiger partial charge is 0.126 e. The van der Waals surface area contributed by atoms with Crippen molar-refractivity contribution in [2.45, 2.75) is 71.6 Å². The lowest BCUT2D eigenvalue weighted by atomic mass is 9.77. The van der Waals surface area contributed by atoms with Crippen LogP contribution in [0.1, 0.15) is 77.2 Å². The van der Waals surface area contributed by atoms with Crippen molar-refractivity contribution in [3.8, 4) is 33.4 Å². The van der Waals surface area contributed by atoms with Gasteiger partial charge in [0, 0.05) is 0 Å². The summed E-state index contributed by atoms with van der Waals surface area (Å²) in [5, 5.41) is 0. The van der Waals surface area contributed by atoms with Gasteiger partial charge in [-0.05, 0) is 132 Å². The first-order valence-electron chi connectivity index (χ1n) is 16.7. The summed E-state index contributed by atoms with van der Waals surface area (Å²) < 4.78 is 0. The molecule has 4 aromatic rings. The van der Waals surface area contributed by atoms with Crippen molar-refractivity contribution in [3.63, 3.8) is 0 Å². The second-order valence-corrected chi connectivity index (χ2v) is 12.9. The van der Waals surface area contributed by atoms with Crippen LogP contribution in [0.5, 0.6) is 0 Å². The van der Waals surface area contributed by atoms with Gasteiger partial charge in [-0.2, -0.15) is 0 Å².